The molecule has 0 aromatic carbocycles. The van der Waals surface area contributed by atoms with Crippen molar-refractivity contribution in [2.24, 2.45) is 23.7 Å². The number of likely N-dealkylation sites (tertiary alicyclic amines) is 1. The van der Waals surface area contributed by atoms with Crippen molar-refractivity contribution in [2.75, 3.05) is 13.7 Å². The molecule has 1 saturated heterocycles. The van der Waals surface area contributed by atoms with E-state index in [0.29, 0.717) is 6.42 Å². The molecule has 0 spiro atoms. The fourth-order valence-electron chi connectivity index (χ4n) is 4.28. The van der Waals surface area contributed by atoms with E-state index in [1.807, 2.05) is 39.8 Å². The molecule has 1 fully saturated rings. The number of aliphatic hydroxyl groups excluding tert-OH is 1. The van der Waals surface area contributed by atoms with Crippen LogP contribution in [-0.2, 0) is 14.4 Å². The van der Waals surface area contributed by atoms with Crippen LogP contribution in [-0.4, -0.2) is 59.5 Å². The highest BCUT2D eigenvalue weighted by Gasteiger charge is 2.57. The van der Waals surface area contributed by atoms with Crippen molar-refractivity contribution in [3.8, 4) is 0 Å². The van der Waals surface area contributed by atoms with Gasteiger partial charge < -0.3 is 20.6 Å². The van der Waals surface area contributed by atoms with Gasteiger partial charge in [-0.25, -0.2) is 0 Å². The smallest absolute Gasteiger partial charge is 0.243 e. The van der Waals surface area contributed by atoms with Crippen molar-refractivity contribution in [3.05, 3.63) is 12.2 Å². The Morgan fingerprint density at radius 2 is 1.92 bits per heavy atom. The molecule has 0 unspecified atom stereocenters. The largest absolute Gasteiger partial charge is 0.394 e. The van der Waals surface area contributed by atoms with Crippen molar-refractivity contribution in [1.82, 2.24) is 15.5 Å². The molecule has 2 aliphatic rings. The van der Waals surface area contributed by atoms with Crippen LogP contribution in [0, 0.1) is 23.7 Å². The van der Waals surface area contributed by atoms with E-state index in [9.17, 15) is 19.5 Å². The second-order valence-electron chi connectivity index (χ2n) is 7.59. The number of nitrogens with one attached hydrogen (secondary N) is 2. The van der Waals surface area contributed by atoms with E-state index < -0.39 is 23.9 Å². The van der Waals surface area contributed by atoms with Gasteiger partial charge in [-0.3, -0.25) is 14.4 Å². The Morgan fingerprint density at radius 1 is 1.27 bits per heavy atom. The van der Waals surface area contributed by atoms with Crippen LogP contribution in [0.2, 0.25) is 0 Å². The van der Waals surface area contributed by atoms with Crippen LogP contribution in [0.5, 0.6) is 0 Å². The van der Waals surface area contributed by atoms with Gasteiger partial charge in [0.25, 0.3) is 0 Å². The van der Waals surface area contributed by atoms with Crippen molar-refractivity contribution in [2.45, 2.75) is 52.2 Å². The van der Waals surface area contributed by atoms with Crippen LogP contribution in [0.3, 0.4) is 0 Å². The minimum absolute atomic E-state index is 0.0612. The summed E-state index contributed by atoms with van der Waals surface area (Å²) < 4.78 is 0. The van der Waals surface area contributed by atoms with Crippen LogP contribution in [0.4, 0.5) is 0 Å². The highest BCUT2D eigenvalue weighted by molar-refractivity contribution is 5.97. The maximum atomic E-state index is 13.3. The van der Waals surface area contributed by atoms with Gasteiger partial charge in [-0.2, -0.15) is 0 Å². The molecule has 3 amide bonds. The fraction of sp³-hybridized carbons (Fsp3) is 0.737. The molecule has 2 rings (SSSR count). The lowest BCUT2D eigenvalue weighted by Crippen LogP contribution is -2.53. The Bertz CT molecular complexity index is 585. The second-order valence-corrected chi connectivity index (χ2v) is 7.59. The molecule has 7 nitrogen and oxygen atoms in total. The highest BCUT2D eigenvalue weighted by atomic mass is 16.3. The summed E-state index contributed by atoms with van der Waals surface area (Å²) in [4.78, 5) is 40.2. The summed E-state index contributed by atoms with van der Waals surface area (Å²) in [7, 11) is 1.56. The maximum absolute atomic E-state index is 13.3. The van der Waals surface area contributed by atoms with Crippen LogP contribution in [0.1, 0.15) is 34.1 Å². The standard InChI is InChI=1S/C19H31N3O4/c1-6-12(9-23)22-16(18(25)21-10(2)3)13-8-7-11(4)14(17(24)20-5)15(13)19(22)26/h7-8,10-16,23H,6,9H2,1-5H3,(H,20,24)(H,21,25)/t11-,12+,13+,14-,15+,16+/m1/s1. The Hall–Kier alpha value is -1.89. The minimum Gasteiger partial charge on any atom is -0.394 e. The summed E-state index contributed by atoms with van der Waals surface area (Å²) in [5.41, 5.74) is 0. The fourth-order valence-corrected chi connectivity index (χ4v) is 4.28. The molecular weight excluding hydrogens is 334 g/mol. The SMILES string of the molecule is CC[C@@H](CO)N1C(=O)[C@H]2[C@H](C=C[C@@H](C)[C@H]2C(=O)NC)[C@H]1C(=O)NC(C)C. The lowest BCUT2D eigenvalue weighted by Gasteiger charge is -2.33. The van der Waals surface area contributed by atoms with Crippen LogP contribution in [0.25, 0.3) is 0 Å². The summed E-state index contributed by atoms with van der Waals surface area (Å²) in [6.07, 6.45) is 4.37. The first-order valence-corrected chi connectivity index (χ1v) is 9.41. The number of amides is 3. The summed E-state index contributed by atoms with van der Waals surface area (Å²) in [6.45, 7) is 7.31. The molecule has 1 aliphatic carbocycles. The van der Waals surface area contributed by atoms with Gasteiger partial charge in [0, 0.05) is 19.0 Å². The Balaban J connectivity index is 2.50. The molecule has 6 atom stereocenters. The van der Waals surface area contributed by atoms with E-state index >= 15 is 0 Å². The molecule has 0 saturated carbocycles. The average Bonchev–Trinajstić information content (AvgIpc) is 2.88. The third-order valence-electron chi connectivity index (χ3n) is 5.53. The van der Waals surface area contributed by atoms with E-state index in [1.54, 1.807) is 7.05 Å². The quantitative estimate of drug-likeness (QED) is 0.589. The Labute approximate surface area is 155 Å². The summed E-state index contributed by atoms with van der Waals surface area (Å²) >= 11 is 0. The lowest BCUT2D eigenvalue weighted by atomic mass is 9.70. The molecule has 26 heavy (non-hydrogen) atoms. The number of hydrogen-bond acceptors (Lipinski definition) is 4. The number of hydrogen-bond donors (Lipinski definition) is 3. The predicted molar refractivity (Wildman–Crippen MR) is 97.9 cm³/mol. The average molecular weight is 365 g/mol. The summed E-state index contributed by atoms with van der Waals surface area (Å²) in [6, 6.07) is -1.21. The van der Waals surface area contributed by atoms with Crippen LogP contribution in [0.15, 0.2) is 12.2 Å². The monoisotopic (exact) mass is 365 g/mol. The molecule has 0 aromatic heterocycles. The summed E-state index contributed by atoms with van der Waals surface area (Å²) in [5.74, 6) is -2.21. The van der Waals surface area contributed by atoms with Gasteiger partial charge in [0.2, 0.25) is 17.7 Å². The highest BCUT2D eigenvalue weighted by Crippen LogP contribution is 2.44. The maximum Gasteiger partial charge on any atom is 0.243 e. The molecule has 0 radical (unpaired) electrons. The van der Waals surface area contributed by atoms with Gasteiger partial charge in [-0.1, -0.05) is 26.0 Å². The van der Waals surface area contributed by atoms with Crippen molar-refractivity contribution < 1.29 is 19.5 Å². The van der Waals surface area contributed by atoms with Gasteiger partial charge in [0.05, 0.1) is 24.5 Å². The van der Waals surface area contributed by atoms with Crippen molar-refractivity contribution in [1.29, 1.82) is 0 Å². The number of carbonyl (C=O) groups is 3. The zero-order valence-corrected chi connectivity index (χ0v) is 16.2. The first-order valence-electron chi connectivity index (χ1n) is 9.41. The zero-order valence-electron chi connectivity index (χ0n) is 16.2. The van der Waals surface area contributed by atoms with Gasteiger partial charge in [-0.15, -0.1) is 0 Å². The van der Waals surface area contributed by atoms with E-state index in [4.69, 9.17) is 0 Å². The molecule has 7 heteroatoms. The number of aliphatic hydroxyl groups is 1. The number of fused-ring (bicyclic) bond motifs is 1. The number of nitrogens with zero attached hydrogens (tertiary/aromatic N) is 1. The van der Waals surface area contributed by atoms with Crippen molar-refractivity contribution >= 4 is 17.7 Å². The molecular formula is C19H31N3O4. The van der Waals surface area contributed by atoms with E-state index in [2.05, 4.69) is 10.6 Å². The molecule has 1 heterocycles. The van der Waals surface area contributed by atoms with Gasteiger partial charge in [0.15, 0.2) is 0 Å². The van der Waals surface area contributed by atoms with Crippen molar-refractivity contribution in [3.63, 3.8) is 0 Å². The Morgan fingerprint density at radius 3 is 2.42 bits per heavy atom. The molecule has 146 valence electrons. The number of allylic oxidation sites excluding steroid dienone is 1. The minimum atomic E-state index is -0.706. The number of rotatable bonds is 6. The predicted octanol–water partition coefficient (Wildman–Crippen LogP) is 0.293. The normalized spacial score (nSPS) is 31.7. The number of carbonyl (C=O) groups excluding carboxylic acids is 3. The Kier molecular flexibility index (Phi) is 6.44. The first kappa shape index (κ1) is 20.4. The van der Waals surface area contributed by atoms with Crippen LogP contribution < -0.4 is 10.6 Å². The molecule has 1 aliphatic heterocycles. The molecule has 0 bridgehead atoms. The molecule has 3 N–H and O–H groups in total. The summed E-state index contributed by atoms with van der Waals surface area (Å²) in [5, 5.41) is 15.3. The topological polar surface area (TPSA) is 98.7 Å². The lowest BCUT2D eigenvalue weighted by molar-refractivity contribution is -0.143. The van der Waals surface area contributed by atoms with Gasteiger partial charge in [-0.05, 0) is 26.2 Å². The van der Waals surface area contributed by atoms with E-state index in [1.165, 1.54) is 4.90 Å². The van der Waals surface area contributed by atoms with E-state index in [-0.39, 0.29) is 42.2 Å². The first-order chi connectivity index (χ1) is 12.3. The second kappa shape index (κ2) is 8.20. The van der Waals surface area contributed by atoms with Crippen LogP contribution >= 0.6 is 0 Å². The van der Waals surface area contributed by atoms with E-state index in [0.717, 1.165) is 0 Å². The third-order valence-corrected chi connectivity index (χ3v) is 5.53. The molecule has 0 aromatic rings. The zero-order chi connectivity index (χ0) is 19.6. The van der Waals surface area contributed by atoms with Gasteiger partial charge in [0.1, 0.15) is 6.04 Å². The van der Waals surface area contributed by atoms with Gasteiger partial charge >= 0.3 is 0 Å². The third kappa shape index (κ3) is 3.49.